The van der Waals surface area contributed by atoms with Crippen molar-refractivity contribution in [2.24, 2.45) is 11.8 Å². The fourth-order valence-corrected chi connectivity index (χ4v) is 6.22. The van der Waals surface area contributed by atoms with Crippen molar-refractivity contribution in [2.45, 2.75) is 11.7 Å². The normalized spacial score (nSPS) is 22.5. The van der Waals surface area contributed by atoms with E-state index in [-0.39, 0.29) is 56.3 Å². The van der Waals surface area contributed by atoms with Crippen molar-refractivity contribution in [3.63, 3.8) is 0 Å². The minimum atomic E-state index is -2.48. The number of carboxylic acids is 1. The average molecular weight is 617 g/mol. The summed E-state index contributed by atoms with van der Waals surface area (Å²) >= 11 is 12.3. The number of hydrogen-bond donors (Lipinski definition) is 1. The van der Waals surface area contributed by atoms with Gasteiger partial charge in [0.05, 0.1) is 41.2 Å². The number of hydrogen-bond acceptors (Lipinski definition) is 8. The molecule has 6 rings (SSSR count). The van der Waals surface area contributed by atoms with Crippen molar-refractivity contribution < 1.29 is 63.3 Å². The number of ketones is 2. The number of amides is 1. The summed E-state index contributed by atoms with van der Waals surface area (Å²) in [6.07, 6.45) is -1.33. The largest absolute Gasteiger partial charge is 1.00 e. The van der Waals surface area contributed by atoms with Crippen LogP contribution in [0.25, 0.3) is 0 Å². The first-order chi connectivity index (χ1) is 19.7. The van der Waals surface area contributed by atoms with E-state index in [0.717, 1.165) is 18.8 Å². The second kappa shape index (κ2) is 12.1. The second-order valence-corrected chi connectivity index (χ2v) is 10.9. The summed E-state index contributed by atoms with van der Waals surface area (Å²) in [5, 5.41) is 15.9. The molecule has 2 saturated heterocycles. The number of aliphatic carboxylic acids is 1. The van der Waals surface area contributed by atoms with Gasteiger partial charge in [0.2, 0.25) is 23.1 Å². The van der Waals surface area contributed by atoms with Crippen LogP contribution in [-0.4, -0.2) is 55.3 Å². The average Bonchev–Trinajstić information content (AvgIpc) is 3.45. The number of benzene rings is 3. The molecule has 42 heavy (non-hydrogen) atoms. The zero-order valence-corrected chi connectivity index (χ0v) is 26.0. The molecule has 12 heteroatoms. The van der Waals surface area contributed by atoms with Gasteiger partial charge in [-0.05, 0) is 42.0 Å². The predicted molar refractivity (Wildman–Crippen MR) is 148 cm³/mol. The van der Waals surface area contributed by atoms with Crippen LogP contribution in [0.15, 0.2) is 66.7 Å². The van der Waals surface area contributed by atoms with Crippen LogP contribution in [0.1, 0.15) is 32.4 Å². The van der Waals surface area contributed by atoms with E-state index in [9.17, 15) is 24.3 Å². The van der Waals surface area contributed by atoms with Gasteiger partial charge in [-0.25, -0.2) is 0 Å². The Labute approximate surface area is 273 Å². The zero-order valence-electron chi connectivity index (χ0n) is 22.5. The van der Waals surface area contributed by atoms with Crippen LogP contribution in [-0.2, 0) is 19.1 Å². The molecular formula is C30H23Cl2N2NaO7. The van der Waals surface area contributed by atoms with Crippen LogP contribution < -0.4 is 44.9 Å². The molecule has 0 bridgehead atoms. The molecule has 3 aliphatic rings. The standard InChI is InChI=1S/C30H24Cl2N2O7.Na/c31-21-10-5-16(15-22(21)32)25-23(28(37)33-17-6-8-18(9-7-17)34-11-13-40-14-12-34)24(29(38)39)30(41-25)26(35)19-3-1-2-4-20(19)27(30)36;/h1-10,15,23-25H,11-14H2,(H,33,37)(H,38,39);/q;+1/p-1/t23-,24-,25-;/m0./s1. The number of ether oxygens (including phenoxy) is 2. The molecule has 1 N–H and O–H groups in total. The van der Waals surface area contributed by atoms with Gasteiger partial charge in [-0.2, -0.15) is 0 Å². The molecule has 2 fully saturated rings. The second-order valence-electron chi connectivity index (χ2n) is 10.1. The first-order valence-electron chi connectivity index (χ1n) is 13.0. The predicted octanol–water partition coefficient (Wildman–Crippen LogP) is 0.344. The number of rotatable bonds is 5. The Morgan fingerprint density at radius 1 is 0.905 bits per heavy atom. The maximum Gasteiger partial charge on any atom is 1.00 e. The molecule has 0 unspecified atom stereocenters. The summed E-state index contributed by atoms with van der Waals surface area (Å²) in [6, 6.07) is 17.4. The quantitative estimate of drug-likeness (QED) is 0.321. The zero-order chi connectivity index (χ0) is 28.9. The number of nitrogens with one attached hydrogen (secondary N) is 1. The third kappa shape index (κ3) is 5.07. The van der Waals surface area contributed by atoms with Gasteiger partial charge < -0.3 is 29.6 Å². The Morgan fingerprint density at radius 3 is 2.10 bits per heavy atom. The van der Waals surface area contributed by atoms with E-state index in [0.29, 0.717) is 18.9 Å². The van der Waals surface area contributed by atoms with Gasteiger partial charge >= 0.3 is 29.6 Å². The van der Waals surface area contributed by atoms with Crippen LogP contribution in [0.4, 0.5) is 11.4 Å². The van der Waals surface area contributed by atoms with E-state index in [1.165, 1.54) is 30.3 Å². The molecule has 1 amide bonds. The van der Waals surface area contributed by atoms with Gasteiger partial charge in [0.25, 0.3) is 0 Å². The molecule has 1 spiro atoms. The van der Waals surface area contributed by atoms with Crippen molar-refractivity contribution >= 4 is 58.0 Å². The molecule has 2 heterocycles. The van der Waals surface area contributed by atoms with Crippen LogP contribution in [0, 0.1) is 11.8 Å². The van der Waals surface area contributed by atoms with E-state index < -0.39 is 47.0 Å². The van der Waals surface area contributed by atoms with Gasteiger partial charge in [-0.3, -0.25) is 14.4 Å². The van der Waals surface area contributed by atoms with Crippen LogP contribution in [0.5, 0.6) is 0 Å². The first kappa shape index (κ1) is 30.7. The molecule has 3 atom stereocenters. The molecule has 3 aromatic carbocycles. The Morgan fingerprint density at radius 2 is 1.52 bits per heavy atom. The summed E-state index contributed by atoms with van der Waals surface area (Å²) in [6.45, 7) is 2.69. The van der Waals surface area contributed by atoms with E-state index in [2.05, 4.69) is 10.2 Å². The van der Waals surface area contributed by atoms with Crippen molar-refractivity contribution in [2.75, 3.05) is 36.5 Å². The Balaban J connectivity index is 0.00000353. The number of nitrogens with zero attached hydrogens (tertiary/aromatic N) is 1. The third-order valence-electron chi connectivity index (χ3n) is 7.87. The van der Waals surface area contributed by atoms with Crippen LogP contribution >= 0.6 is 23.2 Å². The number of Topliss-reactive ketones (excluding diaryl/α,β-unsaturated/α-hetero) is 2. The van der Waals surface area contributed by atoms with E-state index in [1.54, 1.807) is 24.3 Å². The number of fused-ring (bicyclic) bond motifs is 1. The van der Waals surface area contributed by atoms with Gasteiger partial charge in [0.1, 0.15) is 0 Å². The number of morpholine rings is 1. The molecule has 0 saturated carbocycles. The number of anilines is 2. The molecule has 210 valence electrons. The topological polar surface area (TPSA) is 125 Å². The van der Waals surface area contributed by atoms with Crippen molar-refractivity contribution in [1.82, 2.24) is 0 Å². The minimum absolute atomic E-state index is 0. The smallest absolute Gasteiger partial charge is 0.550 e. The summed E-state index contributed by atoms with van der Waals surface area (Å²) in [4.78, 5) is 56.2. The summed E-state index contributed by atoms with van der Waals surface area (Å²) in [5.41, 5.74) is -0.822. The van der Waals surface area contributed by atoms with Gasteiger partial charge in [-0.15, -0.1) is 0 Å². The number of halogens is 2. The molecule has 1 aliphatic carbocycles. The summed E-state index contributed by atoms with van der Waals surface area (Å²) in [7, 11) is 0. The SMILES string of the molecule is O=C(Nc1ccc(N2CCOCC2)cc1)[C@H]1[C@@H](C(=O)[O-])C2(O[C@H]1c1ccc(Cl)c(Cl)c1)C(=O)c1ccccc1C2=O.[Na+]. The minimum Gasteiger partial charge on any atom is -0.550 e. The fourth-order valence-electron chi connectivity index (χ4n) is 5.92. The summed E-state index contributed by atoms with van der Waals surface area (Å²) < 4.78 is 11.5. The van der Waals surface area contributed by atoms with Crippen LogP contribution in [0.3, 0.4) is 0 Å². The number of carboxylic acid groups (broad SMARTS) is 1. The van der Waals surface area contributed by atoms with Gasteiger partial charge in [0.15, 0.2) is 0 Å². The van der Waals surface area contributed by atoms with Crippen molar-refractivity contribution in [3.05, 3.63) is 93.5 Å². The summed E-state index contributed by atoms with van der Waals surface area (Å²) in [5.74, 6) is -7.64. The van der Waals surface area contributed by atoms with Crippen molar-refractivity contribution in [3.8, 4) is 0 Å². The molecule has 2 aliphatic heterocycles. The monoisotopic (exact) mass is 616 g/mol. The van der Waals surface area contributed by atoms with E-state index in [1.807, 2.05) is 12.1 Å². The number of carbonyl (C=O) groups is 4. The molecule has 0 aromatic heterocycles. The third-order valence-corrected chi connectivity index (χ3v) is 8.61. The Kier molecular flexibility index (Phi) is 8.83. The molecular weight excluding hydrogens is 594 g/mol. The number of carbonyl (C=O) groups excluding carboxylic acids is 4. The van der Waals surface area contributed by atoms with Gasteiger partial charge in [-0.1, -0.05) is 53.5 Å². The fraction of sp³-hybridized carbons (Fsp3) is 0.267. The van der Waals surface area contributed by atoms with Gasteiger partial charge in [0, 0.05) is 41.6 Å². The van der Waals surface area contributed by atoms with Crippen molar-refractivity contribution in [1.29, 1.82) is 0 Å². The molecule has 0 radical (unpaired) electrons. The molecule has 9 nitrogen and oxygen atoms in total. The Hall–Kier alpha value is -2.76. The maximum atomic E-state index is 13.9. The molecule has 3 aromatic rings. The Bertz CT molecular complexity index is 1540. The first-order valence-corrected chi connectivity index (χ1v) is 13.7. The maximum absolute atomic E-state index is 13.9. The van der Waals surface area contributed by atoms with E-state index >= 15 is 0 Å². The van der Waals surface area contributed by atoms with E-state index in [4.69, 9.17) is 32.7 Å². The van der Waals surface area contributed by atoms with Crippen LogP contribution in [0.2, 0.25) is 10.0 Å².